The molecule has 29 heavy (non-hydrogen) atoms. The number of carbonyl (C=O) groups is 2. The molecule has 150 valence electrons. The van der Waals surface area contributed by atoms with Crippen LogP contribution in [0.15, 0.2) is 58.5 Å². The van der Waals surface area contributed by atoms with Gasteiger partial charge >= 0.3 is 0 Å². The molecule has 0 saturated heterocycles. The Kier molecular flexibility index (Phi) is 6.17. The Morgan fingerprint density at radius 1 is 1.03 bits per heavy atom. The summed E-state index contributed by atoms with van der Waals surface area (Å²) in [6.45, 7) is 7.09. The van der Waals surface area contributed by atoms with Crippen molar-refractivity contribution < 1.29 is 9.59 Å². The number of anilines is 1. The van der Waals surface area contributed by atoms with Gasteiger partial charge in [0.2, 0.25) is 5.91 Å². The Morgan fingerprint density at radius 3 is 2.31 bits per heavy atom. The van der Waals surface area contributed by atoms with Crippen LogP contribution >= 0.6 is 11.8 Å². The van der Waals surface area contributed by atoms with Crippen molar-refractivity contribution >= 4 is 40.0 Å². The van der Waals surface area contributed by atoms with Gasteiger partial charge in [0.05, 0.1) is 16.2 Å². The van der Waals surface area contributed by atoms with Crippen molar-refractivity contribution in [2.45, 2.75) is 44.1 Å². The van der Waals surface area contributed by atoms with Gasteiger partial charge in [-0.2, -0.15) is 0 Å². The molecular weight excluding hydrogens is 386 g/mol. The van der Waals surface area contributed by atoms with Crippen molar-refractivity contribution in [3.63, 3.8) is 0 Å². The minimum Gasteiger partial charge on any atom is -0.326 e. The number of ketones is 1. The van der Waals surface area contributed by atoms with Gasteiger partial charge in [-0.1, -0.05) is 23.9 Å². The largest absolute Gasteiger partial charge is 0.326 e. The molecule has 7 heteroatoms. The Hall–Kier alpha value is -2.93. The monoisotopic (exact) mass is 409 g/mol. The molecule has 0 bridgehead atoms. The number of hydrogen-bond acceptors (Lipinski definition) is 5. The minimum absolute atomic E-state index is 0.0675. The van der Waals surface area contributed by atoms with E-state index in [4.69, 9.17) is 0 Å². The summed E-state index contributed by atoms with van der Waals surface area (Å²) in [6.07, 6.45) is 0. The number of para-hydroxylation sites is 1. The van der Waals surface area contributed by atoms with Crippen LogP contribution in [-0.4, -0.2) is 26.5 Å². The summed E-state index contributed by atoms with van der Waals surface area (Å²) in [5.41, 5.74) is 1.70. The third kappa shape index (κ3) is 4.56. The first-order valence-corrected chi connectivity index (χ1v) is 10.3. The molecule has 0 aliphatic rings. The second-order valence-electron chi connectivity index (χ2n) is 7.06. The fourth-order valence-corrected chi connectivity index (χ4v) is 4.15. The van der Waals surface area contributed by atoms with E-state index >= 15 is 0 Å². The number of carbonyl (C=O) groups excluding carboxylic acids is 2. The van der Waals surface area contributed by atoms with E-state index in [1.807, 2.05) is 26.0 Å². The molecule has 0 fully saturated rings. The minimum atomic E-state index is -0.431. The maximum Gasteiger partial charge on any atom is 0.262 e. The van der Waals surface area contributed by atoms with Gasteiger partial charge in [-0.05, 0) is 57.2 Å². The van der Waals surface area contributed by atoms with E-state index in [1.165, 1.54) is 18.7 Å². The molecule has 1 heterocycles. The highest BCUT2D eigenvalue weighted by molar-refractivity contribution is 8.00. The topological polar surface area (TPSA) is 81.1 Å². The third-order valence-electron chi connectivity index (χ3n) is 4.43. The maximum absolute atomic E-state index is 12.9. The Bertz CT molecular complexity index is 1120. The zero-order chi connectivity index (χ0) is 21.1. The smallest absolute Gasteiger partial charge is 0.262 e. The Balaban J connectivity index is 1.90. The predicted molar refractivity (Wildman–Crippen MR) is 117 cm³/mol. The normalized spacial score (nSPS) is 12.2. The second-order valence-corrected chi connectivity index (χ2v) is 8.37. The number of aromatic nitrogens is 2. The highest BCUT2D eigenvalue weighted by atomic mass is 32.2. The number of rotatable bonds is 6. The van der Waals surface area contributed by atoms with Crippen molar-refractivity contribution in [2.75, 3.05) is 5.32 Å². The fourth-order valence-electron chi connectivity index (χ4n) is 3.03. The molecule has 0 unspecified atom stereocenters. The van der Waals surface area contributed by atoms with Gasteiger partial charge in [0.1, 0.15) is 0 Å². The molecule has 0 spiro atoms. The van der Waals surface area contributed by atoms with E-state index in [0.717, 1.165) is 0 Å². The van der Waals surface area contributed by atoms with E-state index in [2.05, 4.69) is 10.3 Å². The number of Topliss-reactive ketones (excluding diaryl/α,β-unsaturated/α-hetero) is 1. The van der Waals surface area contributed by atoms with Crippen LogP contribution in [0.25, 0.3) is 10.9 Å². The van der Waals surface area contributed by atoms with Gasteiger partial charge in [0.25, 0.3) is 5.56 Å². The number of amides is 1. The van der Waals surface area contributed by atoms with Gasteiger partial charge in [-0.15, -0.1) is 0 Å². The van der Waals surface area contributed by atoms with Gasteiger partial charge in [0.15, 0.2) is 10.9 Å². The number of thioether (sulfide) groups is 1. The van der Waals surface area contributed by atoms with Crippen molar-refractivity contribution in [1.29, 1.82) is 0 Å². The fraction of sp³-hybridized carbons (Fsp3) is 0.273. The molecule has 1 amide bonds. The number of hydrogen-bond donors (Lipinski definition) is 1. The summed E-state index contributed by atoms with van der Waals surface area (Å²) in [7, 11) is 0. The predicted octanol–water partition coefficient (Wildman–Crippen LogP) is 4.30. The molecule has 1 aromatic heterocycles. The van der Waals surface area contributed by atoms with Crippen molar-refractivity contribution in [1.82, 2.24) is 9.55 Å². The molecule has 0 aliphatic heterocycles. The van der Waals surface area contributed by atoms with Crippen LogP contribution in [0.3, 0.4) is 0 Å². The lowest BCUT2D eigenvalue weighted by Gasteiger charge is -2.18. The first kappa shape index (κ1) is 20.8. The van der Waals surface area contributed by atoms with Gasteiger partial charge < -0.3 is 5.32 Å². The van der Waals surface area contributed by atoms with Crippen LogP contribution in [0.1, 0.15) is 44.1 Å². The second kappa shape index (κ2) is 8.61. The Morgan fingerprint density at radius 2 is 1.69 bits per heavy atom. The van der Waals surface area contributed by atoms with Gasteiger partial charge in [-0.25, -0.2) is 4.98 Å². The lowest BCUT2D eigenvalue weighted by atomic mass is 10.1. The van der Waals surface area contributed by atoms with Crippen LogP contribution in [0, 0.1) is 0 Å². The summed E-state index contributed by atoms with van der Waals surface area (Å²) in [4.78, 5) is 41.6. The van der Waals surface area contributed by atoms with E-state index in [-0.39, 0.29) is 23.3 Å². The highest BCUT2D eigenvalue weighted by Crippen LogP contribution is 2.27. The standard InChI is InChI=1S/C22H23N3O3S/c1-13(2)25-21(28)18-7-5-6-8-19(18)24-22(25)29-14(3)20(27)16-9-11-17(12-10-16)23-15(4)26/h5-14H,1-4H3,(H,23,26)/t14-/m1/s1. The molecule has 0 radical (unpaired) electrons. The van der Waals surface area contributed by atoms with E-state index in [1.54, 1.807) is 47.9 Å². The van der Waals surface area contributed by atoms with Crippen molar-refractivity contribution in [3.05, 3.63) is 64.4 Å². The average Bonchev–Trinajstić information content (AvgIpc) is 2.67. The lowest BCUT2D eigenvalue weighted by Crippen LogP contribution is -2.26. The summed E-state index contributed by atoms with van der Waals surface area (Å²) < 4.78 is 1.64. The molecular formula is C22H23N3O3S. The third-order valence-corrected chi connectivity index (χ3v) is 5.50. The highest BCUT2D eigenvalue weighted by Gasteiger charge is 2.21. The average molecular weight is 410 g/mol. The van der Waals surface area contributed by atoms with Crippen LogP contribution in [-0.2, 0) is 4.79 Å². The molecule has 1 atom stereocenters. The first-order chi connectivity index (χ1) is 13.8. The summed E-state index contributed by atoms with van der Waals surface area (Å²) in [5.74, 6) is -0.232. The maximum atomic E-state index is 12.9. The van der Waals surface area contributed by atoms with E-state index in [0.29, 0.717) is 27.3 Å². The summed E-state index contributed by atoms with van der Waals surface area (Å²) in [6, 6.07) is 13.9. The van der Waals surface area contributed by atoms with Crippen LogP contribution in [0.5, 0.6) is 0 Å². The molecule has 3 rings (SSSR count). The molecule has 6 nitrogen and oxygen atoms in total. The number of benzene rings is 2. The molecule has 0 aliphatic carbocycles. The van der Waals surface area contributed by atoms with Gasteiger partial charge in [0, 0.05) is 24.2 Å². The van der Waals surface area contributed by atoms with E-state index in [9.17, 15) is 14.4 Å². The first-order valence-electron chi connectivity index (χ1n) is 9.37. The Labute approximate surface area is 173 Å². The van der Waals surface area contributed by atoms with Crippen LogP contribution in [0.2, 0.25) is 0 Å². The summed E-state index contributed by atoms with van der Waals surface area (Å²) >= 11 is 1.28. The zero-order valence-corrected chi connectivity index (χ0v) is 17.6. The quantitative estimate of drug-likeness (QED) is 0.373. The molecule has 2 aromatic carbocycles. The number of nitrogens with one attached hydrogen (secondary N) is 1. The van der Waals surface area contributed by atoms with Crippen LogP contribution in [0.4, 0.5) is 5.69 Å². The number of nitrogens with zero attached hydrogens (tertiary/aromatic N) is 2. The van der Waals surface area contributed by atoms with Gasteiger partial charge in [-0.3, -0.25) is 19.0 Å². The SMILES string of the molecule is CC(=O)Nc1ccc(C(=O)[C@@H](C)Sc2nc3ccccc3c(=O)n2C(C)C)cc1. The lowest BCUT2D eigenvalue weighted by molar-refractivity contribution is -0.114. The molecule has 3 aromatic rings. The number of fused-ring (bicyclic) bond motifs is 1. The van der Waals surface area contributed by atoms with Crippen molar-refractivity contribution in [2.24, 2.45) is 0 Å². The molecule has 1 N–H and O–H groups in total. The van der Waals surface area contributed by atoms with E-state index < -0.39 is 5.25 Å². The molecule has 0 saturated carbocycles. The zero-order valence-electron chi connectivity index (χ0n) is 16.8. The van der Waals surface area contributed by atoms with Crippen molar-refractivity contribution in [3.8, 4) is 0 Å². The summed E-state index contributed by atoms with van der Waals surface area (Å²) in [5, 5.41) is 3.34. The van der Waals surface area contributed by atoms with Crippen LogP contribution < -0.4 is 10.9 Å².